The molecule has 110 valence electrons. The summed E-state index contributed by atoms with van der Waals surface area (Å²) in [5.41, 5.74) is -1.19. The first kappa shape index (κ1) is 15.8. The molecule has 0 aromatic carbocycles. The Balaban J connectivity index is 2.55. The Labute approximate surface area is 113 Å². The van der Waals surface area contributed by atoms with Gasteiger partial charge in [0.05, 0.1) is 0 Å². The van der Waals surface area contributed by atoms with Crippen LogP contribution >= 0.6 is 0 Å². The van der Waals surface area contributed by atoms with E-state index in [1.807, 2.05) is 0 Å². The molecule has 6 heteroatoms. The average molecular weight is 272 g/mol. The first-order chi connectivity index (χ1) is 8.81. The molecule has 0 atom stereocenters. The van der Waals surface area contributed by atoms with E-state index in [1.54, 1.807) is 0 Å². The lowest BCUT2D eigenvalue weighted by atomic mass is 9.89. The number of ether oxygens (including phenoxy) is 1. The number of carbonyl (C=O) groups excluding carboxylic acids is 1. The van der Waals surface area contributed by atoms with E-state index in [-0.39, 0.29) is 5.41 Å². The van der Waals surface area contributed by atoms with Crippen LogP contribution in [0.1, 0.15) is 40.0 Å². The normalized spacial score (nSPS) is 18.7. The zero-order valence-corrected chi connectivity index (χ0v) is 11.9. The number of nitrogens with one attached hydrogen (secondary N) is 2. The van der Waals surface area contributed by atoms with E-state index in [2.05, 4.69) is 31.4 Å². The quantitative estimate of drug-likeness (QED) is 0.705. The molecule has 0 spiro atoms. The minimum Gasteiger partial charge on any atom is -0.480 e. The van der Waals surface area contributed by atoms with Crippen molar-refractivity contribution in [2.24, 2.45) is 5.41 Å². The fraction of sp³-hybridized carbons (Fsp3) is 0.846. The zero-order valence-electron chi connectivity index (χ0n) is 11.9. The molecule has 0 bridgehead atoms. The molecule has 1 aliphatic heterocycles. The van der Waals surface area contributed by atoms with Gasteiger partial charge in [-0.3, -0.25) is 0 Å². The first-order valence-electron chi connectivity index (χ1n) is 6.68. The molecule has 2 amide bonds. The molecular weight excluding hydrogens is 248 g/mol. The third-order valence-electron chi connectivity index (χ3n) is 3.79. The largest absolute Gasteiger partial charge is 0.480 e. The van der Waals surface area contributed by atoms with Crippen molar-refractivity contribution in [1.82, 2.24) is 10.6 Å². The van der Waals surface area contributed by atoms with Crippen LogP contribution < -0.4 is 10.6 Å². The molecule has 6 nitrogen and oxygen atoms in total. The third kappa shape index (κ3) is 4.38. The number of rotatable bonds is 5. The first-order valence-corrected chi connectivity index (χ1v) is 6.68. The molecule has 0 aromatic rings. The predicted octanol–water partition coefficient (Wildman–Crippen LogP) is 1.36. The Morgan fingerprint density at radius 3 is 2.37 bits per heavy atom. The van der Waals surface area contributed by atoms with Crippen LogP contribution in [0.2, 0.25) is 0 Å². The number of carboxylic acids is 1. The summed E-state index contributed by atoms with van der Waals surface area (Å²) in [6.45, 7) is 7.38. The van der Waals surface area contributed by atoms with Crippen molar-refractivity contribution in [1.29, 1.82) is 0 Å². The molecule has 3 N–H and O–H groups in total. The summed E-state index contributed by atoms with van der Waals surface area (Å²) in [5.74, 6) is -0.999. The van der Waals surface area contributed by atoms with Crippen LogP contribution in [0.4, 0.5) is 4.79 Å². The van der Waals surface area contributed by atoms with Crippen LogP contribution in [0, 0.1) is 5.41 Å². The van der Waals surface area contributed by atoms with Gasteiger partial charge in [-0.1, -0.05) is 20.8 Å². The number of carboxylic acid groups (broad SMARTS) is 1. The second kappa shape index (κ2) is 6.23. The van der Waals surface area contributed by atoms with E-state index in [9.17, 15) is 14.7 Å². The number of hydrogen-bond acceptors (Lipinski definition) is 3. The lowest BCUT2D eigenvalue weighted by molar-refractivity contribution is -0.148. The van der Waals surface area contributed by atoms with Gasteiger partial charge in [0.2, 0.25) is 0 Å². The summed E-state index contributed by atoms with van der Waals surface area (Å²) in [6.07, 6.45) is 1.53. The number of carbonyl (C=O) groups is 2. The minimum absolute atomic E-state index is 0.00338. The number of urea groups is 1. The van der Waals surface area contributed by atoms with Crippen LogP contribution in [0.25, 0.3) is 0 Å². The van der Waals surface area contributed by atoms with Crippen molar-refractivity contribution in [3.63, 3.8) is 0 Å². The molecule has 1 aliphatic rings. The standard InChI is InChI=1S/C13H24N2O4/c1-4-12(2,3)9-14-11(18)15-13(10(16)17)5-7-19-8-6-13/h4-9H2,1-3H3,(H,16,17)(H2,14,15,18). The van der Waals surface area contributed by atoms with Gasteiger partial charge in [0.25, 0.3) is 0 Å². The monoisotopic (exact) mass is 272 g/mol. The molecule has 1 saturated heterocycles. The summed E-state index contributed by atoms with van der Waals surface area (Å²) in [7, 11) is 0. The number of aliphatic carboxylic acids is 1. The maximum absolute atomic E-state index is 11.9. The van der Waals surface area contributed by atoms with E-state index >= 15 is 0 Å². The van der Waals surface area contributed by atoms with Gasteiger partial charge in [0, 0.05) is 32.6 Å². The maximum Gasteiger partial charge on any atom is 0.329 e. The molecule has 19 heavy (non-hydrogen) atoms. The topological polar surface area (TPSA) is 87.7 Å². The van der Waals surface area contributed by atoms with E-state index < -0.39 is 17.5 Å². The summed E-state index contributed by atoms with van der Waals surface area (Å²) in [5, 5.41) is 14.7. The molecule has 1 rings (SSSR count). The molecule has 0 aliphatic carbocycles. The Morgan fingerprint density at radius 2 is 1.89 bits per heavy atom. The summed E-state index contributed by atoms with van der Waals surface area (Å²) in [6, 6.07) is -0.425. The van der Waals surface area contributed by atoms with Crippen LogP contribution in [0.5, 0.6) is 0 Å². The van der Waals surface area contributed by atoms with Gasteiger partial charge in [0.15, 0.2) is 0 Å². The van der Waals surface area contributed by atoms with Crippen molar-refractivity contribution in [3.8, 4) is 0 Å². The summed E-state index contributed by atoms with van der Waals surface area (Å²) >= 11 is 0. The average Bonchev–Trinajstić information content (AvgIpc) is 2.37. The Kier molecular flexibility index (Phi) is 5.17. The molecule has 1 fully saturated rings. The highest BCUT2D eigenvalue weighted by Crippen LogP contribution is 2.21. The summed E-state index contributed by atoms with van der Waals surface area (Å²) < 4.78 is 5.15. The SMILES string of the molecule is CCC(C)(C)CNC(=O)NC1(C(=O)O)CCOCC1. The van der Waals surface area contributed by atoms with Gasteiger partial charge in [-0.05, 0) is 11.8 Å². The zero-order chi connectivity index (χ0) is 14.5. The summed E-state index contributed by atoms with van der Waals surface area (Å²) in [4.78, 5) is 23.2. The van der Waals surface area contributed by atoms with Crippen molar-refractivity contribution in [2.45, 2.75) is 45.6 Å². The van der Waals surface area contributed by atoms with Gasteiger partial charge in [-0.2, -0.15) is 0 Å². The van der Waals surface area contributed by atoms with Gasteiger partial charge < -0.3 is 20.5 Å². The van der Waals surface area contributed by atoms with Gasteiger partial charge in [0.1, 0.15) is 5.54 Å². The fourth-order valence-corrected chi connectivity index (χ4v) is 1.82. The van der Waals surface area contributed by atoms with E-state index in [1.165, 1.54) is 0 Å². The molecule has 0 unspecified atom stereocenters. The molecule has 0 radical (unpaired) electrons. The Bertz CT molecular complexity index is 336. The highest BCUT2D eigenvalue weighted by Gasteiger charge is 2.41. The highest BCUT2D eigenvalue weighted by atomic mass is 16.5. The Hall–Kier alpha value is -1.30. The minimum atomic E-state index is -1.20. The van der Waals surface area contributed by atoms with Gasteiger partial charge in [-0.25, -0.2) is 9.59 Å². The third-order valence-corrected chi connectivity index (χ3v) is 3.79. The maximum atomic E-state index is 11.9. The fourth-order valence-electron chi connectivity index (χ4n) is 1.82. The second-order valence-electron chi connectivity index (χ2n) is 5.83. The van der Waals surface area contributed by atoms with Crippen molar-refractivity contribution >= 4 is 12.0 Å². The van der Waals surface area contributed by atoms with E-state index in [4.69, 9.17) is 4.74 Å². The molecule has 1 heterocycles. The van der Waals surface area contributed by atoms with E-state index in [0.717, 1.165) is 6.42 Å². The highest BCUT2D eigenvalue weighted by molar-refractivity contribution is 5.86. The van der Waals surface area contributed by atoms with Gasteiger partial charge in [-0.15, -0.1) is 0 Å². The van der Waals surface area contributed by atoms with Crippen LogP contribution in [0.15, 0.2) is 0 Å². The predicted molar refractivity (Wildman–Crippen MR) is 71.0 cm³/mol. The lowest BCUT2D eigenvalue weighted by Gasteiger charge is -2.34. The van der Waals surface area contributed by atoms with Crippen LogP contribution in [0.3, 0.4) is 0 Å². The molecule has 0 saturated carbocycles. The van der Waals surface area contributed by atoms with Crippen LogP contribution in [-0.2, 0) is 9.53 Å². The van der Waals surface area contributed by atoms with E-state index in [0.29, 0.717) is 32.6 Å². The molecule has 0 aromatic heterocycles. The second-order valence-corrected chi connectivity index (χ2v) is 5.83. The van der Waals surface area contributed by atoms with Gasteiger partial charge >= 0.3 is 12.0 Å². The molecular formula is C13H24N2O4. The van der Waals surface area contributed by atoms with Crippen molar-refractivity contribution < 1.29 is 19.4 Å². The smallest absolute Gasteiger partial charge is 0.329 e. The van der Waals surface area contributed by atoms with Crippen molar-refractivity contribution in [2.75, 3.05) is 19.8 Å². The lowest BCUT2D eigenvalue weighted by Crippen LogP contribution is -2.60. The number of hydrogen-bond donors (Lipinski definition) is 3. The number of amides is 2. The Morgan fingerprint density at radius 1 is 1.32 bits per heavy atom. The van der Waals surface area contributed by atoms with Crippen LogP contribution in [-0.4, -0.2) is 42.4 Å². The van der Waals surface area contributed by atoms with Crippen molar-refractivity contribution in [3.05, 3.63) is 0 Å².